The smallest absolute Gasteiger partial charge is 0.413 e. The van der Waals surface area contributed by atoms with Gasteiger partial charge in [-0.3, -0.25) is 10.3 Å². The Bertz CT molecular complexity index is 995. The standard InChI is InChI=1S/C16H15ClFN7O2/c1-8(9-4-3-5-20-14(9)17)27-16(26)22-15-13(23-24-25(15)2)12-6-10(18)11(19)7-21-12/h3-8H,19H2,1-2H3,(H,22,26)/t8-/m1/s1. The number of hydrogen-bond acceptors (Lipinski definition) is 7. The van der Waals surface area contributed by atoms with Crippen LogP contribution in [-0.2, 0) is 11.8 Å². The lowest BCUT2D eigenvalue weighted by molar-refractivity contribution is 0.121. The number of anilines is 2. The number of hydrogen-bond donors (Lipinski definition) is 2. The van der Waals surface area contributed by atoms with Gasteiger partial charge in [0.05, 0.1) is 17.6 Å². The summed E-state index contributed by atoms with van der Waals surface area (Å²) in [6.45, 7) is 1.65. The number of aryl methyl sites for hydroxylation is 1. The van der Waals surface area contributed by atoms with Crippen LogP contribution in [0.25, 0.3) is 11.4 Å². The number of nitrogens with zero attached hydrogens (tertiary/aromatic N) is 5. The molecular formula is C16H15ClFN7O2. The van der Waals surface area contributed by atoms with Gasteiger partial charge in [0.15, 0.2) is 11.5 Å². The van der Waals surface area contributed by atoms with Crippen LogP contribution in [0.5, 0.6) is 0 Å². The van der Waals surface area contributed by atoms with E-state index in [4.69, 9.17) is 22.1 Å². The molecule has 9 nitrogen and oxygen atoms in total. The number of ether oxygens (including phenoxy) is 1. The number of aromatic nitrogens is 5. The Morgan fingerprint density at radius 1 is 1.44 bits per heavy atom. The van der Waals surface area contributed by atoms with E-state index in [9.17, 15) is 9.18 Å². The average molecular weight is 392 g/mol. The predicted molar refractivity (Wildman–Crippen MR) is 96.4 cm³/mol. The Labute approximate surface area is 158 Å². The van der Waals surface area contributed by atoms with Gasteiger partial charge in [0.1, 0.15) is 17.1 Å². The van der Waals surface area contributed by atoms with E-state index in [1.165, 1.54) is 10.9 Å². The van der Waals surface area contributed by atoms with Gasteiger partial charge in [-0.25, -0.2) is 18.9 Å². The number of halogens is 2. The highest BCUT2D eigenvalue weighted by atomic mass is 35.5. The summed E-state index contributed by atoms with van der Waals surface area (Å²) in [7, 11) is 1.56. The molecule has 140 valence electrons. The fourth-order valence-electron chi connectivity index (χ4n) is 2.29. The number of rotatable bonds is 4. The molecule has 0 aliphatic carbocycles. The van der Waals surface area contributed by atoms with Crippen molar-refractivity contribution < 1.29 is 13.9 Å². The third-order valence-corrected chi connectivity index (χ3v) is 4.00. The van der Waals surface area contributed by atoms with E-state index in [0.29, 0.717) is 5.56 Å². The minimum absolute atomic E-state index is 0.0984. The molecule has 3 rings (SSSR count). The molecule has 0 aromatic carbocycles. The summed E-state index contributed by atoms with van der Waals surface area (Å²) in [5.74, 6) is -0.472. The van der Waals surface area contributed by atoms with Gasteiger partial charge in [0.2, 0.25) is 0 Å². The van der Waals surface area contributed by atoms with Crippen molar-refractivity contribution in [3.05, 3.63) is 47.1 Å². The molecule has 3 N–H and O–H groups in total. The number of amides is 1. The highest BCUT2D eigenvalue weighted by molar-refractivity contribution is 6.30. The van der Waals surface area contributed by atoms with Gasteiger partial charge in [-0.1, -0.05) is 22.9 Å². The molecule has 3 heterocycles. The molecule has 27 heavy (non-hydrogen) atoms. The van der Waals surface area contributed by atoms with Crippen LogP contribution in [0.15, 0.2) is 30.6 Å². The van der Waals surface area contributed by atoms with Crippen molar-refractivity contribution in [1.29, 1.82) is 0 Å². The van der Waals surface area contributed by atoms with Gasteiger partial charge < -0.3 is 10.5 Å². The summed E-state index contributed by atoms with van der Waals surface area (Å²) in [5, 5.41) is 10.5. The molecule has 0 fully saturated rings. The van der Waals surface area contributed by atoms with Crippen LogP contribution >= 0.6 is 11.6 Å². The lowest BCUT2D eigenvalue weighted by Gasteiger charge is -2.15. The van der Waals surface area contributed by atoms with Gasteiger partial charge >= 0.3 is 6.09 Å². The first kappa shape index (κ1) is 18.5. The van der Waals surface area contributed by atoms with Gasteiger partial charge in [-0.05, 0) is 13.0 Å². The van der Waals surface area contributed by atoms with E-state index in [1.54, 1.807) is 26.1 Å². The molecule has 0 unspecified atom stereocenters. The molecule has 0 aliphatic heterocycles. The zero-order valence-electron chi connectivity index (χ0n) is 14.3. The van der Waals surface area contributed by atoms with E-state index in [-0.39, 0.29) is 28.0 Å². The summed E-state index contributed by atoms with van der Waals surface area (Å²) >= 11 is 6.00. The second-order valence-electron chi connectivity index (χ2n) is 5.56. The zero-order valence-corrected chi connectivity index (χ0v) is 15.1. The Kier molecular flexibility index (Phi) is 5.17. The highest BCUT2D eigenvalue weighted by Gasteiger charge is 2.21. The van der Waals surface area contributed by atoms with Crippen molar-refractivity contribution in [2.75, 3.05) is 11.1 Å². The van der Waals surface area contributed by atoms with E-state index in [1.807, 2.05) is 0 Å². The van der Waals surface area contributed by atoms with Gasteiger partial charge in [-0.2, -0.15) is 0 Å². The van der Waals surface area contributed by atoms with Crippen molar-refractivity contribution in [1.82, 2.24) is 25.0 Å². The van der Waals surface area contributed by atoms with Crippen LogP contribution in [-0.4, -0.2) is 31.1 Å². The molecule has 1 atom stereocenters. The monoisotopic (exact) mass is 391 g/mol. The normalized spacial score (nSPS) is 11.9. The molecule has 3 aromatic heterocycles. The second-order valence-corrected chi connectivity index (χ2v) is 5.92. The number of nitrogens with two attached hydrogens (primary N) is 1. The van der Waals surface area contributed by atoms with Crippen molar-refractivity contribution in [2.45, 2.75) is 13.0 Å². The Morgan fingerprint density at radius 2 is 2.22 bits per heavy atom. The van der Waals surface area contributed by atoms with Gasteiger partial charge in [0.25, 0.3) is 0 Å². The quantitative estimate of drug-likeness (QED) is 0.655. The largest absolute Gasteiger partial charge is 0.441 e. The van der Waals surface area contributed by atoms with Crippen molar-refractivity contribution in [3.8, 4) is 11.4 Å². The van der Waals surface area contributed by atoms with Crippen molar-refractivity contribution >= 4 is 29.2 Å². The predicted octanol–water partition coefficient (Wildman–Crippen LogP) is 2.96. The topological polar surface area (TPSA) is 121 Å². The molecular weight excluding hydrogens is 377 g/mol. The van der Waals surface area contributed by atoms with Crippen LogP contribution < -0.4 is 11.1 Å². The van der Waals surface area contributed by atoms with Crippen molar-refractivity contribution in [3.63, 3.8) is 0 Å². The van der Waals surface area contributed by atoms with E-state index < -0.39 is 18.0 Å². The van der Waals surface area contributed by atoms with Crippen molar-refractivity contribution in [2.24, 2.45) is 7.05 Å². The summed E-state index contributed by atoms with van der Waals surface area (Å²) < 4.78 is 20.3. The summed E-state index contributed by atoms with van der Waals surface area (Å²) in [6, 6.07) is 4.49. The van der Waals surface area contributed by atoms with Crippen LogP contribution in [0.4, 0.5) is 20.7 Å². The van der Waals surface area contributed by atoms with Gasteiger partial charge in [0, 0.05) is 24.9 Å². The maximum absolute atomic E-state index is 13.7. The third-order valence-electron chi connectivity index (χ3n) is 3.68. The van der Waals surface area contributed by atoms with Crippen LogP contribution in [0, 0.1) is 5.82 Å². The number of carbonyl (C=O) groups is 1. The lowest BCUT2D eigenvalue weighted by Crippen LogP contribution is -2.18. The molecule has 1 amide bonds. The van der Waals surface area contributed by atoms with Crippen LogP contribution in [0.1, 0.15) is 18.6 Å². The first-order valence-corrected chi connectivity index (χ1v) is 8.13. The summed E-state index contributed by atoms with van der Waals surface area (Å²) in [5.41, 5.74) is 6.21. The minimum Gasteiger partial charge on any atom is -0.441 e. The molecule has 11 heteroatoms. The first-order valence-electron chi connectivity index (χ1n) is 7.76. The van der Waals surface area contributed by atoms with E-state index >= 15 is 0 Å². The molecule has 0 bridgehead atoms. The van der Waals surface area contributed by atoms with E-state index in [0.717, 1.165) is 12.3 Å². The second kappa shape index (κ2) is 7.54. The van der Waals surface area contributed by atoms with E-state index in [2.05, 4.69) is 25.6 Å². The Morgan fingerprint density at radius 3 is 2.93 bits per heavy atom. The lowest BCUT2D eigenvalue weighted by atomic mass is 10.2. The van der Waals surface area contributed by atoms with Crippen LogP contribution in [0.2, 0.25) is 5.15 Å². The Balaban J connectivity index is 1.79. The number of nitrogens with one attached hydrogen (secondary N) is 1. The number of pyridine rings is 2. The molecule has 0 spiro atoms. The number of nitrogen functional groups attached to an aromatic ring is 1. The fraction of sp³-hybridized carbons (Fsp3) is 0.188. The maximum atomic E-state index is 13.7. The fourth-order valence-corrected chi connectivity index (χ4v) is 2.57. The molecule has 0 saturated heterocycles. The molecule has 0 saturated carbocycles. The Hall–Kier alpha value is -3.27. The number of carbonyl (C=O) groups excluding carboxylic acids is 1. The molecule has 0 aliphatic rings. The van der Waals surface area contributed by atoms with Crippen LogP contribution in [0.3, 0.4) is 0 Å². The summed E-state index contributed by atoms with van der Waals surface area (Å²) in [6.07, 6.45) is 1.27. The maximum Gasteiger partial charge on any atom is 0.413 e. The average Bonchev–Trinajstić information content (AvgIpc) is 2.98. The first-order chi connectivity index (χ1) is 12.9. The highest BCUT2D eigenvalue weighted by Crippen LogP contribution is 2.27. The summed E-state index contributed by atoms with van der Waals surface area (Å²) in [4.78, 5) is 20.2. The minimum atomic E-state index is -0.773. The van der Waals surface area contributed by atoms with Gasteiger partial charge in [-0.15, -0.1) is 5.10 Å². The zero-order chi connectivity index (χ0) is 19.6. The molecule has 3 aromatic rings. The molecule has 0 radical (unpaired) electrons. The third kappa shape index (κ3) is 3.95. The SMILES string of the molecule is C[C@@H](OC(=O)Nc1c(-c2cc(F)c(N)cn2)nnn1C)c1cccnc1Cl.